The Hall–Kier alpha value is -3.01. The minimum Gasteiger partial charge on any atom is -0.383 e. The van der Waals surface area contributed by atoms with Crippen LogP contribution in [0.25, 0.3) is 11.3 Å². The summed E-state index contributed by atoms with van der Waals surface area (Å²) in [5.74, 6) is -0.853. The van der Waals surface area contributed by atoms with Crippen LogP contribution in [0.4, 0.5) is 23.4 Å². The molecule has 2 aliphatic heterocycles. The summed E-state index contributed by atoms with van der Waals surface area (Å²) >= 11 is 0. The molecule has 33 heavy (non-hydrogen) atoms. The molecule has 3 aromatic heterocycles. The summed E-state index contributed by atoms with van der Waals surface area (Å²) in [5.41, 5.74) is 6.50. The van der Waals surface area contributed by atoms with Gasteiger partial charge in [0.1, 0.15) is 11.6 Å². The second-order valence-electron chi connectivity index (χ2n) is 8.84. The molecule has 5 heterocycles. The summed E-state index contributed by atoms with van der Waals surface area (Å²) < 4.78 is 56.2. The predicted molar refractivity (Wildman–Crippen MR) is 115 cm³/mol. The Morgan fingerprint density at radius 2 is 1.97 bits per heavy atom. The molecule has 0 radical (unpaired) electrons. The summed E-state index contributed by atoms with van der Waals surface area (Å²) in [6.07, 6.45) is 0.843. The number of hydrogen-bond donors (Lipinski definition) is 1. The monoisotopic (exact) mass is 460 g/mol. The SMILES string of the molecule is CCC(c1ncccc1F)N1CC[C@@]2(CCn3nc(-c4cnc(N)c(C(F)(F)F)c4)cc32)C1. The predicted octanol–water partition coefficient (Wildman–Crippen LogP) is 4.58. The number of pyridine rings is 2. The lowest BCUT2D eigenvalue weighted by Crippen LogP contribution is -2.32. The van der Waals surface area contributed by atoms with Crippen LogP contribution in [0.3, 0.4) is 0 Å². The number of anilines is 1. The van der Waals surface area contributed by atoms with Gasteiger partial charge in [-0.25, -0.2) is 9.37 Å². The molecule has 0 amide bonds. The maximum absolute atomic E-state index is 14.4. The van der Waals surface area contributed by atoms with Crippen LogP contribution < -0.4 is 5.73 Å². The van der Waals surface area contributed by atoms with E-state index in [0.29, 0.717) is 17.9 Å². The Morgan fingerprint density at radius 1 is 1.18 bits per heavy atom. The van der Waals surface area contributed by atoms with Crippen molar-refractivity contribution in [3.8, 4) is 11.3 Å². The van der Waals surface area contributed by atoms with Crippen LogP contribution >= 0.6 is 0 Å². The van der Waals surface area contributed by atoms with E-state index in [-0.39, 0.29) is 22.8 Å². The molecule has 1 saturated heterocycles. The number of nitrogens with zero attached hydrogens (tertiary/aromatic N) is 5. The average molecular weight is 460 g/mol. The third kappa shape index (κ3) is 3.66. The van der Waals surface area contributed by atoms with Crippen LogP contribution in [-0.2, 0) is 18.1 Å². The van der Waals surface area contributed by atoms with E-state index in [1.165, 1.54) is 12.3 Å². The third-order valence-electron chi connectivity index (χ3n) is 6.96. The molecule has 0 aromatic carbocycles. The zero-order valence-electron chi connectivity index (χ0n) is 18.1. The van der Waals surface area contributed by atoms with Gasteiger partial charge in [0.25, 0.3) is 0 Å². The van der Waals surface area contributed by atoms with Gasteiger partial charge in [-0.15, -0.1) is 0 Å². The standard InChI is InChI=1S/C23H24F4N6/c1-2-18(20-16(24)4-3-7-29-20)32-8-5-22(13-32)6-9-33-19(22)11-17(31-33)14-10-15(23(25,26)27)21(28)30-12-14/h3-4,7,10-12,18H,2,5-6,8-9,13H2,1H3,(H2,28,30)/t18?,22-/m1/s1. The Bertz CT molecular complexity index is 1190. The summed E-state index contributed by atoms with van der Waals surface area (Å²) in [5, 5.41) is 4.57. The van der Waals surface area contributed by atoms with E-state index >= 15 is 0 Å². The second kappa shape index (κ2) is 7.79. The van der Waals surface area contributed by atoms with Gasteiger partial charge in [0.15, 0.2) is 0 Å². The van der Waals surface area contributed by atoms with Crippen LogP contribution in [-0.4, -0.2) is 37.7 Å². The van der Waals surface area contributed by atoms with Gasteiger partial charge < -0.3 is 5.73 Å². The van der Waals surface area contributed by atoms with Crippen molar-refractivity contribution >= 4 is 5.82 Å². The minimum absolute atomic E-state index is 0.127. The van der Waals surface area contributed by atoms with Gasteiger partial charge in [0, 0.05) is 42.2 Å². The average Bonchev–Trinajstić information content (AvgIpc) is 3.47. The van der Waals surface area contributed by atoms with E-state index in [9.17, 15) is 17.6 Å². The molecule has 0 bridgehead atoms. The molecule has 3 aromatic rings. The number of halogens is 4. The van der Waals surface area contributed by atoms with Crippen LogP contribution in [0.15, 0.2) is 36.7 Å². The summed E-state index contributed by atoms with van der Waals surface area (Å²) in [6, 6.07) is 5.77. The first-order valence-electron chi connectivity index (χ1n) is 11.0. The van der Waals surface area contributed by atoms with Crippen molar-refractivity contribution < 1.29 is 17.6 Å². The molecule has 2 atom stereocenters. The highest BCUT2D eigenvalue weighted by atomic mass is 19.4. The largest absolute Gasteiger partial charge is 0.419 e. The third-order valence-corrected chi connectivity index (χ3v) is 6.96. The van der Waals surface area contributed by atoms with Gasteiger partial charge in [-0.05, 0) is 50.1 Å². The van der Waals surface area contributed by atoms with Crippen molar-refractivity contribution in [2.24, 2.45) is 0 Å². The molecule has 1 fully saturated rings. The summed E-state index contributed by atoms with van der Waals surface area (Å²) in [4.78, 5) is 10.3. The van der Waals surface area contributed by atoms with Crippen molar-refractivity contribution in [2.45, 2.75) is 50.4 Å². The normalized spacial score (nSPS) is 21.6. The number of nitrogens with two attached hydrogens (primary N) is 1. The number of hydrogen-bond acceptors (Lipinski definition) is 5. The van der Waals surface area contributed by atoms with E-state index in [1.54, 1.807) is 12.3 Å². The lowest BCUT2D eigenvalue weighted by atomic mass is 9.82. The highest BCUT2D eigenvalue weighted by Crippen LogP contribution is 2.46. The highest BCUT2D eigenvalue weighted by Gasteiger charge is 2.47. The smallest absolute Gasteiger partial charge is 0.383 e. The Balaban J connectivity index is 1.44. The van der Waals surface area contributed by atoms with E-state index in [1.807, 2.05) is 17.7 Å². The summed E-state index contributed by atoms with van der Waals surface area (Å²) in [6.45, 7) is 4.22. The summed E-state index contributed by atoms with van der Waals surface area (Å²) in [7, 11) is 0. The lowest BCUT2D eigenvalue weighted by Gasteiger charge is -2.29. The maximum atomic E-state index is 14.4. The fourth-order valence-electron chi connectivity index (χ4n) is 5.30. The van der Waals surface area contributed by atoms with Crippen LogP contribution in [0.5, 0.6) is 0 Å². The number of likely N-dealkylation sites (tertiary alicyclic amines) is 1. The molecule has 5 rings (SSSR count). The topological polar surface area (TPSA) is 72.9 Å². The van der Waals surface area contributed by atoms with E-state index < -0.39 is 17.6 Å². The van der Waals surface area contributed by atoms with Gasteiger partial charge in [-0.3, -0.25) is 14.6 Å². The van der Waals surface area contributed by atoms with E-state index in [2.05, 4.69) is 20.0 Å². The number of aromatic nitrogens is 4. The zero-order chi connectivity index (χ0) is 23.4. The quantitative estimate of drug-likeness (QED) is 0.577. The molecular formula is C23H24F4N6. The van der Waals surface area contributed by atoms with Crippen LogP contribution in [0.2, 0.25) is 0 Å². The number of nitrogen functional groups attached to an aromatic ring is 1. The van der Waals surface area contributed by atoms with Gasteiger partial charge in [0.2, 0.25) is 0 Å². The first kappa shape index (κ1) is 21.8. The molecule has 10 heteroatoms. The van der Waals surface area contributed by atoms with Crippen LogP contribution in [0.1, 0.15) is 49.2 Å². The fourth-order valence-corrected chi connectivity index (χ4v) is 5.30. The van der Waals surface area contributed by atoms with Gasteiger partial charge in [0.05, 0.1) is 23.0 Å². The minimum atomic E-state index is -4.58. The van der Waals surface area contributed by atoms with Gasteiger partial charge in [-0.1, -0.05) is 6.92 Å². The molecule has 1 spiro atoms. The number of alkyl halides is 3. The molecule has 2 N–H and O–H groups in total. The van der Waals surface area contributed by atoms with Gasteiger partial charge >= 0.3 is 6.18 Å². The maximum Gasteiger partial charge on any atom is 0.419 e. The van der Waals surface area contributed by atoms with Crippen LogP contribution in [0, 0.1) is 5.82 Å². The van der Waals surface area contributed by atoms with E-state index in [4.69, 9.17) is 5.73 Å². The van der Waals surface area contributed by atoms with Crippen molar-refractivity contribution in [1.29, 1.82) is 0 Å². The molecule has 0 aliphatic carbocycles. The first-order chi connectivity index (χ1) is 15.7. The first-order valence-corrected chi connectivity index (χ1v) is 11.0. The molecular weight excluding hydrogens is 436 g/mol. The van der Waals surface area contributed by atoms with Crippen molar-refractivity contribution in [3.63, 3.8) is 0 Å². The van der Waals surface area contributed by atoms with E-state index in [0.717, 1.165) is 44.1 Å². The molecule has 174 valence electrons. The van der Waals surface area contributed by atoms with Gasteiger partial charge in [-0.2, -0.15) is 18.3 Å². The Kier molecular flexibility index (Phi) is 5.15. The zero-order valence-corrected chi connectivity index (χ0v) is 18.1. The van der Waals surface area contributed by atoms with Crippen molar-refractivity contribution in [2.75, 3.05) is 18.8 Å². The van der Waals surface area contributed by atoms with Crippen molar-refractivity contribution in [3.05, 3.63) is 59.4 Å². The molecule has 6 nitrogen and oxygen atoms in total. The molecule has 1 unspecified atom stereocenters. The highest BCUT2D eigenvalue weighted by molar-refractivity contribution is 5.63. The van der Waals surface area contributed by atoms with Crippen molar-refractivity contribution in [1.82, 2.24) is 24.6 Å². The molecule has 0 saturated carbocycles. The lowest BCUT2D eigenvalue weighted by molar-refractivity contribution is -0.137. The Labute approximate surface area is 188 Å². The number of fused-ring (bicyclic) bond motifs is 2. The number of rotatable bonds is 4. The fraction of sp³-hybridized carbons (Fsp3) is 0.435. The second-order valence-corrected chi connectivity index (χ2v) is 8.84. The Morgan fingerprint density at radius 3 is 2.70 bits per heavy atom. The molecule has 2 aliphatic rings. The number of aryl methyl sites for hydroxylation is 1.